The Bertz CT molecular complexity index is 1140. The molecule has 3 rings (SSSR count). The Hall–Kier alpha value is -3.16. The van der Waals surface area contributed by atoms with E-state index in [0.29, 0.717) is 34.4 Å². The van der Waals surface area contributed by atoms with Gasteiger partial charge in [-0.15, -0.1) is 0 Å². The van der Waals surface area contributed by atoms with E-state index in [-0.39, 0.29) is 11.1 Å². The lowest BCUT2D eigenvalue weighted by molar-refractivity contribution is 0.146. The highest BCUT2D eigenvalue weighted by atomic mass is 19.3. The van der Waals surface area contributed by atoms with Gasteiger partial charge in [-0.1, -0.05) is 31.7 Å². The highest BCUT2D eigenvalue weighted by Gasteiger charge is 2.21. The number of pyridine rings is 1. The summed E-state index contributed by atoms with van der Waals surface area (Å²) in [5.74, 6) is -0.585. The minimum Gasteiger partial charge on any atom is -0.363 e. The molecule has 0 saturated heterocycles. The number of nitrogens with one attached hydrogen (secondary N) is 1. The van der Waals surface area contributed by atoms with Crippen molar-refractivity contribution < 1.29 is 13.2 Å². The number of hydrogen-bond acceptors (Lipinski definition) is 4. The standard InChI is InChI=1S/C21H21F3N4O/c1-5-11(2)28-9-16-18(12(3)21(28)29)25-10-26-20(16)27-13(4)14-7-6-8-15(17(14)22)19(23)24/h6-10,13,19H,2,5H2,1,3-4H3,(H,25,26,27)/t13-/m0/s1. The molecule has 0 radical (unpaired) electrons. The molecule has 0 bridgehead atoms. The lowest BCUT2D eigenvalue weighted by atomic mass is 10.0. The molecule has 2 aromatic heterocycles. The Kier molecular flexibility index (Phi) is 5.72. The van der Waals surface area contributed by atoms with Gasteiger partial charge in [0.25, 0.3) is 12.0 Å². The summed E-state index contributed by atoms with van der Waals surface area (Å²) in [5.41, 5.74) is 0.726. The molecule has 8 heteroatoms. The molecule has 29 heavy (non-hydrogen) atoms. The number of allylic oxidation sites excluding steroid dienone is 1. The van der Waals surface area contributed by atoms with Gasteiger partial charge in [-0.2, -0.15) is 0 Å². The summed E-state index contributed by atoms with van der Waals surface area (Å²) < 4.78 is 42.0. The van der Waals surface area contributed by atoms with Crippen molar-refractivity contribution in [2.75, 3.05) is 5.32 Å². The zero-order chi connectivity index (χ0) is 21.3. The third kappa shape index (κ3) is 3.74. The number of aryl methyl sites for hydroxylation is 1. The first-order chi connectivity index (χ1) is 13.8. The van der Waals surface area contributed by atoms with Gasteiger partial charge >= 0.3 is 0 Å². The van der Waals surface area contributed by atoms with E-state index < -0.39 is 23.8 Å². The van der Waals surface area contributed by atoms with Crippen LogP contribution in [0.3, 0.4) is 0 Å². The fourth-order valence-electron chi connectivity index (χ4n) is 3.16. The van der Waals surface area contributed by atoms with Gasteiger partial charge in [-0.05, 0) is 20.3 Å². The van der Waals surface area contributed by atoms with Crippen LogP contribution in [0.2, 0.25) is 0 Å². The fraction of sp³-hybridized carbons (Fsp3) is 0.286. The number of alkyl halides is 2. The Morgan fingerprint density at radius 2 is 1.97 bits per heavy atom. The van der Waals surface area contributed by atoms with Crippen molar-refractivity contribution in [2.24, 2.45) is 0 Å². The zero-order valence-corrected chi connectivity index (χ0v) is 16.3. The van der Waals surface area contributed by atoms with Crippen molar-refractivity contribution in [3.8, 4) is 0 Å². The van der Waals surface area contributed by atoms with Crippen molar-refractivity contribution in [1.82, 2.24) is 14.5 Å². The Balaban J connectivity index is 2.09. The van der Waals surface area contributed by atoms with E-state index in [4.69, 9.17) is 0 Å². The number of hydrogen-bond donors (Lipinski definition) is 1. The summed E-state index contributed by atoms with van der Waals surface area (Å²) in [4.78, 5) is 21.0. The molecule has 0 saturated carbocycles. The minimum atomic E-state index is -2.90. The SMILES string of the molecule is C=C(CC)n1cc2c(N[C@@H](C)c3cccc(C(F)F)c3F)ncnc2c(C)c1=O. The van der Waals surface area contributed by atoms with Crippen LogP contribution in [0.25, 0.3) is 16.6 Å². The molecular weight excluding hydrogens is 381 g/mol. The highest BCUT2D eigenvalue weighted by Crippen LogP contribution is 2.30. The summed E-state index contributed by atoms with van der Waals surface area (Å²) in [7, 11) is 0. The molecule has 0 aliphatic rings. The molecule has 5 nitrogen and oxygen atoms in total. The quantitative estimate of drug-likeness (QED) is 0.613. The van der Waals surface area contributed by atoms with E-state index in [1.807, 2.05) is 6.92 Å². The summed E-state index contributed by atoms with van der Waals surface area (Å²) in [6.45, 7) is 9.11. The van der Waals surface area contributed by atoms with E-state index in [1.54, 1.807) is 20.0 Å². The Morgan fingerprint density at radius 1 is 1.28 bits per heavy atom. The van der Waals surface area contributed by atoms with Gasteiger partial charge in [-0.25, -0.2) is 23.1 Å². The number of benzene rings is 1. The van der Waals surface area contributed by atoms with Crippen LogP contribution in [0.1, 0.15) is 49.4 Å². The number of anilines is 1. The maximum atomic E-state index is 14.5. The molecule has 1 aromatic carbocycles. The minimum absolute atomic E-state index is 0.0950. The predicted octanol–water partition coefficient (Wildman–Crippen LogP) is 5.23. The van der Waals surface area contributed by atoms with Gasteiger partial charge in [0.05, 0.1) is 22.5 Å². The van der Waals surface area contributed by atoms with E-state index in [0.717, 1.165) is 6.07 Å². The smallest absolute Gasteiger partial charge is 0.266 e. The molecule has 0 aliphatic heterocycles. The van der Waals surface area contributed by atoms with Crippen LogP contribution in [0, 0.1) is 12.7 Å². The van der Waals surface area contributed by atoms with Crippen molar-refractivity contribution in [3.63, 3.8) is 0 Å². The number of rotatable bonds is 6. The second-order valence-electron chi connectivity index (χ2n) is 6.75. The van der Waals surface area contributed by atoms with Crippen LogP contribution < -0.4 is 10.9 Å². The molecule has 1 atom stereocenters. The Labute approximate surface area is 165 Å². The second kappa shape index (κ2) is 8.06. The van der Waals surface area contributed by atoms with Crippen LogP contribution in [0.15, 0.2) is 42.1 Å². The van der Waals surface area contributed by atoms with Crippen LogP contribution in [-0.4, -0.2) is 14.5 Å². The van der Waals surface area contributed by atoms with Crippen molar-refractivity contribution in [3.05, 3.63) is 70.2 Å². The van der Waals surface area contributed by atoms with Crippen molar-refractivity contribution in [1.29, 1.82) is 0 Å². The van der Waals surface area contributed by atoms with Crippen molar-refractivity contribution >= 4 is 22.4 Å². The van der Waals surface area contributed by atoms with Crippen LogP contribution in [0.5, 0.6) is 0 Å². The van der Waals surface area contributed by atoms with E-state index in [1.165, 1.54) is 23.0 Å². The third-order valence-corrected chi connectivity index (χ3v) is 4.90. The topological polar surface area (TPSA) is 59.8 Å². The van der Waals surface area contributed by atoms with Crippen LogP contribution in [0.4, 0.5) is 19.0 Å². The molecular formula is C21H21F3N4O. The first-order valence-corrected chi connectivity index (χ1v) is 9.14. The third-order valence-electron chi connectivity index (χ3n) is 4.90. The van der Waals surface area contributed by atoms with Gasteiger partial charge in [-0.3, -0.25) is 9.36 Å². The largest absolute Gasteiger partial charge is 0.363 e. The van der Waals surface area contributed by atoms with Gasteiger partial charge in [0.1, 0.15) is 18.0 Å². The van der Waals surface area contributed by atoms with E-state index in [9.17, 15) is 18.0 Å². The summed E-state index contributed by atoms with van der Waals surface area (Å²) in [6, 6.07) is 3.25. The summed E-state index contributed by atoms with van der Waals surface area (Å²) >= 11 is 0. The second-order valence-corrected chi connectivity index (χ2v) is 6.75. The Morgan fingerprint density at radius 3 is 2.62 bits per heavy atom. The summed E-state index contributed by atoms with van der Waals surface area (Å²) in [5, 5.41) is 3.61. The summed E-state index contributed by atoms with van der Waals surface area (Å²) in [6.07, 6.45) is 0.564. The van der Waals surface area contributed by atoms with Crippen LogP contribution in [-0.2, 0) is 0 Å². The lowest BCUT2D eigenvalue weighted by Crippen LogP contribution is -2.22. The lowest BCUT2D eigenvalue weighted by Gasteiger charge is -2.19. The van der Waals surface area contributed by atoms with Gasteiger partial charge < -0.3 is 5.32 Å². The normalized spacial score (nSPS) is 12.4. The predicted molar refractivity (Wildman–Crippen MR) is 108 cm³/mol. The van der Waals surface area contributed by atoms with Gasteiger partial charge in [0, 0.05) is 23.0 Å². The number of fused-ring (bicyclic) bond motifs is 1. The van der Waals surface area contributed by atoms with E-state index >= 15 is 0 Å². The molecule has 0 unspecified atom stereocenters. The first kappa shape index (κ1) is 20.6. The molecule has 0 fully saturated rings. The maximum Gasteiger partial charge on any atom is 0.266 e. The maximum absolute atomic E-state index is 14.5. The fourth-order valence-corrected chi connectivity index (χ4v) is 3.16. The average molecular weight is 402 g/mol. The highest BCUT2D eigenvalue weighted by molar-refractivity contribution is 5.90. The molecule has 0 amide bonds. The average Bonchev–Trinajstić information content (AvgIpc) is 2.70. The first-order valence-electron chi connectivity index (χ1n) is 9.14. The van der Waals surface area contributed by atoms with Crippen molar-refractivity contribution in [2.45, 2.75) is 39.7 Å². The molecule has 3 aromatic rings. The molecule has 0 aliphatic carbocycles. The molecule has 152 valence electrons. The number of aromatic nitrogens is 3. The molecule has 2 heterocycles. The van der Waals surface area contributed by atoms with Gasteiger partial charge in [0.2, 0.25) is 0 Å². The molecule has 1 N–H and O–H groups in total. The zero-order valence-electron chi connectivity index (χ0n) is 16.3. The van der Waals surface area contributed by atoms with Crippen LogP contribution >= 0.6 is 0 Å². The monoisotopic (exact) mass is 402 g/mol. The van der Waals surface area contributed by atoms with E-state index in [2.05, 4.69) is 21.9 Å². The number of nitrogens with zero attached hydrogens (tertiary/aromatic N) is 3. The van der Waals surface area contributed by atoms with Gasteiger partial charge in [0.15, 0.2) is 0 Å². The number of halogens is 3. The molecule has 0 spiro atoms.